The molecular weight excluding hydrogens is 287 g/mol. The maximum Gasteiger partial charge on any atom is 0.341 e. The molecule has 6 heteroatoms. The minimum atomic E-state index is -1.30. The van der Waals surface area contributed by atoms with Gasteiger partial charge in [-0.15, -0.1) is 0 Å². The Labute approximate surface area is 126 Å². The average Bonchev–Trinajstić information content (AvgIpc) is 3.26. The minimum Gasteiger partial charge on any atom is -0.477 e. The summed E-state index contributed by atoms with van der Waals surface area (Å²) in [5.41, 5.74) is -0.127. The summed E-state index contributed by atoms with van der Waals surface area (Å²) < 4.78 is 16.2. The molecule has 1 aliphatic rings. The van der Waals surface area contributed by atoms with Crippen molar-refractivity contribution in [1.82, 2.24) is 9.55 Å². The van der Waals surface area contributed by atoms with E-state index in [1.165, 1.54) is 13.1 Å². The van der Waals surface area contributed by atoms with Crippen molar-refractivity contribution in [2.75, 3.05) is 0 Å². The van der Waals surface area contributed by atoms with E-state index in [2.05, 4.69) is 4.98 Å². The molecule has 22 heavy (non-hydrogen) atoms. The molecule has 5 nitrogen and oxygen atoms in total. The zero-order valence-corrected chi connectivity index (χ0v) is 12.7. The van der Waals surface area contributed by atoms with Crippen LogP contribution in [-0.4, -0.2) is 20.6 Å². The number of carboxylic acid groups (broad SMARTS) is 1. The maximum atomic E-state index is 14.5. The Morgan fingerprint density at radius 1 is 1.45 bits per heavy atom. The van der Waals surface area contributed by atoms with Crippen LogP contribution in [0.1, 0.15) is 60.3 Å². The molecule has 0 atom stereocenters. The van der Waals surface area contributed by atoms with E-state index >= 15 is 0 Å². The van der Waals surface area contributed by atoms with E-state index in [4.69, 9.17) is 0 Å². The SMILES string of the molecule is Cc1c(F)c(C(C)C)nc2c1c(=O)c(C(=O)O)cn2C1CC1. The molecule has 3 rings (SSSR count). The van der Waals surface area contributed by atoms with Gasteiger partial charge in [-0.05, 0) is 25.7 Å². The van der Waals surface area contributed by atoms with Gasteiger partial charge < -0.3 is 9.67 Å². The molecule has 0 saturated heterocycles. The molecule has 2 aromatic rings. The van der Waals surface area contributed by atoms with Crippen LogP contribution in [0.3, 0.4) is 0 Å². The van der Waals surface area contributed by atoms with E-state index < -0.39 is 17.2 Å². The largest absolute Gasteiger partial charge is 0.477 e. The third-order valence-electron chi connectivity index (χ3n) is 4.08. The second kappa shape index (κ2) is 4.90. The van der Waals surface area contributed by atoms with Gasteiger partial charge in [0.1, 0.15) is 17.0 Å². The number of nitrogens with zero attached hydrogens (tertiary/aromatic N) is 2. The van der Waals surface area contributed by atoms with Crippen LogP contribution in [0, 0.1) is 12.7 Å². The van der Waals surface area contributed by atoms with Crippen molar-refractivity contribution < 1.29 is 14.3 Å². The first kappa shape index (κ1) is 14.7. The van der Waals surface area contributed by atoms with Gasteiger partial charge in [0, 0.05) is 17.8 Å². The van der Waals surface area contributed by atoms with Crippen molar-refractivity contribution in [3.8, 4) is 0 Å². The molecule has 0 spiro atoms. The van der Waals surface area contributed by atoms with Crippen LogP contribution in [0.2, 0.25) is 0 Å². The molecule has 1 N–H and O–H groups in total. The summed E-state index contributed by atoms with van der Waals surface area (Å²) in [5, 5.41) is 9.30. The first-order valence-electron chi connectivity index (χ1n) is 7.31. The molecule has 0 aromatic carbocycles. The third kappa shape index (κ3) is 2.10. The predicted molar refractivity (Wildman–Crippen MR) is 80.0 cm³/mol. The summed E-state index contributed by atoms with van der Waals surface area (Å²) in [6.45, 7) is 5.18. The number of aromatic carboxylic acids is 1. The highest BCUT2D eigenvalue weighted by molar-refractivity contribution is 5.92. The number of aryl methyl sites for hydroxylation is 1. The Hall–Kier alpha value is -2.24. The molecule has 1 fully saturated rings. The zero-order chi connectivity index (χ0) is 16.2. The normalized spacial score (nSPS) is 14.8. The summed E-state index contributed by atoms with van der Waals surface area (Å²) in [6, 6.07) is 0.138. The summed E-state index contributed by atoms with van der Waals surface area (Å²) in [6.07, 6.45) is 3.16. The number of pyridine rings is 2. The second-order valence-electron chi connectivity index (χ2n) is 6.10. The van der Waals surface area contributed by atoms with Gasteiger partial charge in [-0.2, -0.15) is 0 Å². The van der Waals surface area contributed by atoms with Gasteiger partial charge in [-0.3, -0.25) is 4.79 Å². The van der Waals surface area contributed by atoms with Gasteiger partial charge in [0.25, 0.3) is 0 Å². The average molecular weight is 304 g/mol. The number of carboxylic acids is 1. The van der Waals surface area contributed by atoms with E-state index in [-0.39, 0.29) is 28.5 Å². The van der Waals surface area contributed by atoms with Crippen LogP contribution in [0.4, 0.5) is 4.39 Å². The lowest BCUT2D eigenvalue weighted by Gasteiger charge is -2.16. The quantitative estimate of drug-likeness (QED) is 0.946. The highest BCUT2D eigenvalue weighted by Crippen LogP contribution is 2.37. The minimum absolute atomic E-state index is 0.0775. The predicted octanol–water partition coefficient (Wildman–Crippen LogP) is 3.00. The summed E-state index contributed by atoms with van der Waals surface area (Å²) in [7, 11) is 0. The van der Waals surface area contributed by atoms with Crippen LogP contribution in [0.15, 0.2) is 11.0 Å². The van der Waals surface area contributed by atoms with Gasteiger partial charge in [-0.25, -0.2) is 14.2 Å². The van der Waals surface area contributed by atoms with Gasteiger partial charge in [0.05, 0.1) is 11.1 Å². The highest BCUT2D eigenvalue weighted by Gasteiger charge is 2.29. The van der Waals surface area contributed by atoms with Gasteiger partial charge >= 0.3 is 5.97 Å². The Kier molecular flexibility index (Phi) is 3.27. The van der Waals surface area contributed by atoms with Gasteiger partial charge in [0.15, 0.2) is 0 Å². The molecule has 0 amide bonds. The summed E-state index contributed by atoms with van der Waals surface area (Å²) in [5.74, 6) is -1.94. The number of hydrogen-bond donors (Lipinski definition) is 1. The van der Waals surface area contributed by atoms with Crippen LogP contribution in [0.5, 0.6) is 0 Å². The monoisotopic (exact) mass is 304 g/mol. The van der Waals surface area contributed by atoms with E-state index in [0.29, 0.717) is 11.3 Å². The van der Waals surface area contributed by atoms with E-state index in [1.807, 2.05) is 13.8 Å². The van der Waals surface area contributed by atoms with E-state index in [1.54, 1.807) is 4.57 Å². The van der Waals surface area contributed by atoms with Crippen molar-refractivity contribution in [3.63, 3.8) is 0 Å². The van der Waals surface area contributed by atoms with Gasteiger partial charge in [-0.1, -0.05) is 13.8 Å². The van der Waals surface area contributed by atoms with Crippen LogP contribution in [0.25, 0.3) is 11.0 Å². The third-order valence-corrected chi connectivity index (χ3v) is 4.08. The molecule has 2 heterocycles. The zero-order valence-electron chi connectivity index (χ0n) is 12.7. The van der Waals surface area contributed by atoms with Crippen LogP contribution >= 0.6 is 0 Å². The molecule has 1 aliphatic carbocycles. The molecule has 1 saturated carbocycles. The molecule has 0 bridgehead atoms. The van der Waals surface area contributed by atoms with Crippen LogP contribution in [-0.2, 0) is 0 Å². The fourth-order valence-electron chi connectivity index (χ4n) is 2.71. The number of rotatable bonds is 3. The number of aromatic nitrogens is 2. The maximum absolute atomic E-state index is 14.5. The fraction of sp³-hybridized carbons (Fsp3) is 0.438. The Morgan fingerprint density at radius 3 is 2.59 bits per heavy atom. The topological polar surface area (TPSA) is 72.2 Å². The fourth-order valence-corrected chi connectivity index (χ4v) is 2.71. The number of fused-ring (bicyclic) bond motifs is 1. The van der Waals surface area contributed by atoms with Crippen molar-refractivity contribution in [2.45, 2.75) is 45.6 Å². The van der Waals surface area contributed by atoms with Crippen molar-refractivity contribution in [2.24, 2.45) is 0 Å². The number of carbonyl (C=O) groups is 1. The highest BCUT2D eigenvalue weighted by atomic mass is 19.1. The Bertz CT molecular complexity index is 851. The number of halogens is 1. The Balaban J connectivity index is 2.49. The first-order valence-corrected chi connectivity index (χ1v) is 7.31. The van der Waals surface area contributed by atoms with Crippen LogP contribution < -0.4 is 5.43 Å². The molecule has 0 aliphatic heterocycles. The lowest BCUT2D eigenvalue weighted by atomic mass is 10.0. The molecule has 0 radical (unpaired) electrons. The van der Waals surface area contributed by atoms with Crippen molar-refractivity contribution >= 4 is 17.0 Å². The summed E-state index contributed by atoms with van der Waals surface area (Å²) in [4.78, 5) is 28.1. The lowest BCUT2D eigenvalue weighted by molar-refractivity contribution is 0.0695. The number of hydrogen-bond acceptors (Lipinski definition) is 3. The van der Waals surface area contributed by atoms with Crippen molar-refractivity contribution in [1.29, 1.82) is 0 Å². The van der Waals surface area contributed by atoms with Crippen molar-refractivity contribution in [3.05, 3.63) is 39.1 Å². The Morgan fingerprint density at radius 2 is 2.09 bits per heavy atom. The first-order chi connectivity index (χ1) is 10.3. The summed E-state index contributed by atoms with van der Waals surface area (Å²) >= 11 is 0. The molecule has 0 unspecified atom stereocenters. The smallest absolute Gasteiger partial charge is 0.341 e. The van der Waals surface area contributed by atoms with E-state index in [9.17, 15) is 19.1 Å². The standard InChI is InChI=1S/C16H17FN2O3/c1-7(2)13-12(17)8(3)11-14(20)10(16(21)22)6-19(9-4-5-9)15(11)18-13/h6-7,9H,4-5H2,1-3H3,(H,21,22). The molecule has 2 aromatic heterocycles. The van der Waals surface area contributed by atoms with Gasteiger partial charge in [0.2, 0.25) is 5.43 Å². The second-order valence-corrected chi connectivity index (χ2v) is 6.10. The lowest BCUT2D eigenvalue weighted by Crippen LogP contribution is -2.21. The molecule has 116 valence electrons. The molecular formula is C16H17FN2O3. The van der Waals surface area contributed by atoms with E-state index in [0.717, 1.165) is 12.8 Å².